The summed E-state index contributed by atoms with van der Waals surface area (Å²) in [5, 5.41) is 2.73. The van der Waals surface area contributed by atoms with Gasteiger partial charge in [0.25, 0.3) is 0 Å². The van der Waals surface area contributed by atoms with Gasteiger partial charge in [-0.1, -0.05) is 30.3 Å². The molecule has 6 heteroatoms. The Labute approximate surface area is 151 Å². The Bertz CT molecular complexity index is 792. The van der Waals surface area contributed by atoms with Gasteiger partial charge in [0.15, 0.2) is 0 Å². The molecule has 1 aliphatic rings. The maximum atomic E-state index is 13.6. The van der Waals surface area contributed by atoms with E-state index in [1.165, 1.54) is 6.07 Å². The number of hydrogen-bond acceptors (Lipinski definition) is 3. The van der Waals surface area contributed by atoms with Crippen LogP contribution >= 0.6 is 0 Å². The van der Waals surface area contributed by atoms with Crippen LogP contribution in [0.4, 0.5) is 4.39 Å². The SMILES string of the molecule is COc1ccc(CN2C[C@H](C(=O)NCc3ccccc3F)CC2=O)cc1. The Kier molecular flexibility index (Phi) is 5.51. The molecule has 5 nitrogen and oxygen atoms in total. The van der Waals surface area contributed by atoms with Crippen molar-refractivity contribution in [2.75, 3.05) is 13.7 Å². The Balaban J connectivity index is 1.54. The van der Waals surface area contributed by atoms with Gasteiger partial charge >= 0.3 is 0 Å². The number of carbonyl (C=O) groups is 2. The number of carbonyl (C=O) groups excluding carboxylic acids is 2. The summed E-state index contributed by atoms with van der Waals surface area (Å²) in [5.74, 6) is -0.276. The molecule has 26 heavy (non-hydrogen) atoms. The number of methoxy groups -OCH3 is 1. The molecule has 0 spiro atoms. The van der Waals surface area contributed by atoms with Gasteiger partial charge in [-0.15, -0.1) is 0 Å². The van der Waals surface area contributed by atoms with Crippen molar-refractivity contribution in [3.8, 4) is 5.75 Å². The molecule has 3 rings (SSSR count). The zero-order valence-electron chi connectivity index (χ0n) is 14.6. The van der Waals surface area contributed by atoms with E-state index >= 15 is 0 Å². The van der Waals surface area contributed by atoms with Crippen LogP contribution in [0.25, 0.3) is 0 Å². The fourth-order valence-electron chi connectivity index (χ4n) is 3.02. The molecule has 1 saturated heterocycles. The van der Waals surface area contributed by atoms with Crippen molar-refractivity contribution in [3.05, 3.63) is 65.5 Å². The third kappa shape index (κ3) is 4.20. The summed E-state index contributed by atoms with van der Waals surface area (Å²) >= 11 is 0. The quantitative estimate of drug-likeness (QED) is 0.865. The third-order valence-corrected chi connectivity index (χ3v) is 4.53. The summed E-state index contributed by atoms with van der Waals surface area (Å²) < 4.78 is 18.7. The normalized spacial score (nSPS) is 16.6. The first-order valence-electron chi connectivity index (χ1n) is 8.48. The molecule has 1 heterocycles. The first-order chi connectivity index (χ1) is 12.6. The van der Waals surface area contributed by atoms with Crippen molar-refractivity contribution in [1.82, 2.24) is 10.2 Å². The van der Waals surface area contributed by atoms with E-state index in [1.807, 2.05) is 24.3 Å². The number of ether oxygens (including phenoxy) is 1. The van der Waals surface area contributed by atoms with Crippen molar-refractivity contribution < 1.29 is 18.7 Å². The van der Waals surface area contributed by atoms with Crippen molar-refractivity contribution in [2.45, 2.75) is 19.5 Å². The first kappa shape index (κ1) is 17.9. The van der Waals surface area contributed by atoms with Crippen LogP contribution in [-0.2, 0) is 22.7 Å². The van der Waals surface area contributed by atoms with E-state index in [2.05, 4.69) is 5.32 Å². The summed E-state index contributed by atoms with van der Waals surface area (Å²) in [6.07, 6.45) is 0.180. The number of halogens is 1. The number of likely N-dealkylation sites (tertiary alicyclic amines) is 1. The van der Waals surface area contributed by atoms with Crippen LogP contribution in [-0.4, -0.2) is 30.4 Å². The highest BCUT2D eigenvalue weighted by Gasteiger charge is 2.34. The zero-order valence-corrected chi connectivity index (χ0v) is 14.6. The maximum absolute atomic E-state index is 13.6. The van der Waals surface area contributed by atoms with Gasteiger partial charge in [-0.2, -0.15) is 0 Å². The van der Waals surface area contributed by atoms with E-state index in [0.717, 1.165) is 11.3 Å². The summed E-state index contributed by atoms with van der Waals surface area (Å²) in [5.41, 5.74) is 1.41. The predicted molar refractivity (Wildman–Crippen MR) is 94.8 cm³/mol. The van der Waals surface area contributed by atoms with Gasteiger partial charge in [0.2, 0.25) is 11.8 Å². The highest BCUT2D eigenvalue weighted by Crippen LogP contribution is 2.21. The van der Waals surface area contributed by atoms with Gasteiger partial charge in [-0.25, -0.2) is 4.39 Å². The van der Waals surface area contributed by atoms with Crippen molar-refractivity contribution in [2.24, 2.45) is 5.92 Å². The topological polar surface area (TPSA) is 58.6 Å². The van der Waals surface area contributed by atoms with E-state index in [9.17, 15) is 14.0 Å². The molecule has 1 aliphatic heterocycles. The number of nitrogens with zero attached hydrogens (tertiary/aromatic N) is 1. The van der Waals surface area contributed by atoms with Gasteiger partial charge in [0, 0.05) is 31.6 Å². The van der Waals surface area contributed by atoms with Crippen molar-refractivity contribution >= 4 is 11.8 Å². The van der Waals surface area contributed by atoms with Gasteiger partial charge in [-0.3, -0.25) is 9.59 Å². The average Bonchev–Trinajstić information content (AvgIpc) is 3.02. The standard InChI is InChI=1S/C20H21FN2O3/c1-26-17-8-6-14(7-9-17)12-23-13-16(10-19(23)24)20(25)22-11-15-4-2-3-5-18(15)21/h2-9,16H,10-13H2,1H3,(H,22,25)/t16-/m1/s1. The Morgan fingerprint density at radius 2 is 1.96 bits per heavy atom. The maximum Gasteiger partial charge on any atom is 0.225 e. The molecule has 136 valence electrons. The molecule has 0 unspecified atom stereocenters. The molecule has 0 bridgehead atoms. The Morgan fingerprint density at radius 1 is 1.23 bits per heavy atom. The minimum atomic E-state index is -0.410. The van der Waals surface area contributed by atoms with Gasteiger partial charge in [0.1, 0.15) is 11.6 Å². The Hall–Kier alpha value is -2.89. The van der Waals surface area contributed by atoms with Crippen LogP contribution in [0.3, 0.4) is 0 Å². The summed E-state index contributed by atoms with van der Waals surface area (Å²) in [4.78, 5) is 26.2. The number of benzene rings is 2. The molecule has 1 atom stereocenters. The molecule has 2 amide bonds. The lowest BCUT2D eigenvalue weighted by molar-refractivity contribution is -0.129. The first-order valence-corrected chi connectivity index (χ1v) is 8.48. The molecule has 2 aromatic rings. The van der Waals surface area contributed by atoms with E-state index < -0.39 is 5.92 Å². The lowest BCUT2D eigenvalue weighted by atomic mass is 10.1. The lowest BCUT2D eigenvalue weighted by Gasteiger charge is -2.17. The van der Waals surface area contributed by atoms with E-state index in [4.69, 9.17) is 4.74 Å². The van der Waals surface area contributed by atoms with Gasteiger partial charge < -0.3 is 15.0 Å². The smallest absolute Gasteiger partial charge is 0.225 e. The van der Waals surface area contributed by atoms with Crippen LogP contribution in [0.5, 0.6) is 5.75 Å². The molecule has 0 radical (unpaired) electrons. The fourth-order valence-corrected chi connectivity index (χ4v) is 3.02. The number of rotatable bonds is 6. The number of nitrogens with one attached hydrogen (secondary N) is 1. The number of hydrogen-bond donors (Lipinski definition) is 1. The van der Waals surface area contributed by atoms with Crippen molar-refractivity contribution in [1.29, 1.82) is 0 Å². The van der Waals surface area contributed by atoms with E-state index in [0.29, 0.717) is 18.7 Å². The predicted octanol–water partition coefficient (Wildman–Crippen LogP) is 2.50. The van der Waals surface area contributed by atoms with E-state index in [1.54, 1.807) is 30.2 Å². The van der Waals surface area contributed by atoms with E-state index in [-0.39, 0.29) is 30.6 Å². The zero-order chi connectivity index (χ0) is 18.5. The molecular weight excluding hydrogens is 335 g/mol. The highest BCUT2D eigenvalue weighted by molar-refractivity contribution is 5.89. The summed E-state index contributed by atoms with van der Waals surface area (Å²) in [6.45, 7) is 0.947. The van der Waals surface area contributed by atoms with Gasteiger partial charge in [0.05, 0.1) is 13.0 Å². The van der Waals surface area contributed by atoms with Crippen molar-refractivity contribution in [3.63, 3.8) is 0 Å². The molecule has 1 fully saturated rings. The largest absolute Gasteiger partial charge is 0.497 e. The lowest BCUT2D eigenvalue weighted by Crippen LogP contribution is -2.32. The highest BCUT2D eigenvalue weighted by atomic mass is 19.1. The second-order valence-corrected chi connectivity index (χ2v) is 6.33. The third-order valence-electron chi connectivity index (χ3n) is 4.53. The second-order valence-electron chi connectivity index (χ2n) is 6.33. The van der Waals surface area contributed by atoms with Gasteiger partial charge in [-0.05, 0) is 23.8 Å². The number of amides is 2. The fraction of sp³-hybridized carbons (Fsp3) is 0.300. The second kappa shape index (κ2) is 7.99. The molecular formula is C20H21FN2O3. The summed E-state index contributed by atoms with van der Waals surface area (Å²) in [7, 11) is 1.60. The van der Waals surface area contributed by atoms with Crippen LogP contribution in [0.1, 0.15) is 17.5 Å². The molecule has 0 aliphatic carbocycles. The molecule has 1 N–H and O–H groups in total. The van der Waals surface area contributed by atoms with Crippen LogP contribution < -0.4 is 10.1 Å². The Morgan fingerprint density at radius 3 is 2.65 bits per heavy atom. The molecule has 2 aromatic carbocycles. The summed E-state index contributed by atoms with van der Waals surface area (Å²) in [6, 6.07) is 13.8. The minimum absolute atomic E-state index is 0.0492. The minimum Gasteiger partial charge on any atom is -0.497 e. The molecule has 0 saturated carbocycles. The monoisotopic (exact) mass is 356 g/mol. The van der Waals surface area contributed by atoms with Crippen LogP contribution in [0, 0.1) is 11.7 Å². The molecule has 0 aromatic heterocycles. The average molecular weight is 356 g/mol. The van der Waals surface area contributed by atoms with Crippen LogP contribution in [0.15, 0.2) is 48.5 Å². The van der Waals surface area contributed by atoms with Crippen LogP contribution in [0.2, 0.25) is 0 Å².